The van der Waals surface area contributed by atoms with Crippen molar-refractivity contribution in [3.63, 3.8) is 0 Å². The maximum atomic E-state index is 12.8. The molecule has 26 heavy (non-hydrogen) atoms. The highest BCUT2D eigenvalue weighted by molar-refractivity contribution is 9.10. The van der Waals surface area contributed by atoms with Crippen molar-refractivity contribution in [2.75, 3.05) is 7.11 Å². The van der Waals surface area contributed by atoms with Gasteiger partial charge in [-0.05, 0) is 37.1 Å². The minimum absolute atomic E-state index is 0.0127. The molecule has 1 fully saturated rings. The van der Waals surface area contributed by atoms with Gasteiger partial charge in [0, 0.05) is 10.5 Å². The third-order valence-corrected chi connectivity index (χ3v) is 7.35. The van der Waals surface area contributed by atoms with Gasteiger partial charge in [-0.15, -0.1) is 0 Å². The number of rotatable bonds is 5. The first-order valence-electron chi connectivity index (χ1n) is 7.64. The van der Waals surface area contributed by atoms with Crippen LogP contribution in [0.2, 0.25) is 10.0 Å². The van der Waals surface area contributed by atoms with E-state index in [-0.39, 0.29) is 45.0 Å². The van der Waals surface area contributed by atoms with Gasteiger partial charge in [0.15, 0.2) is 15.6 Å². The van der Waals surface area contributed by atoms with Crippen molar-refractivity contribution in [3.8, 4) is 17.2 Å². The van der Waals surface area contributed by atoms with E-state index in [2.05, 4.69) is 15.9 Å². The number of hydrogen-bond acceptors (Lipinski definition) is 5. The van der Waals surface area contributed by atoms with Gasteiger partial charge in [-0.3, -0.25) is 0 Å². The molecule has 0 unspecified atom stereocenters. The van der Waals surface area contributed by atoms with Crippen LogP contribution < -0.4 is 9.47 Å². The number of methoxy groups -OCH3 is 1. The Labute approximate surface area is 169 Å². The smallest absolute Gasteiger partial charge is 0.185 e. The fourth-order valence-corrected chi connectivity index (χ4v) is 5.97. The summed E-state index contributed by atoms with van der Waals surface area (Å²) in [6.45, 7) is 0. The SMILES string of the molecule is COc1ccc(Oc2c(Cl)cc(Br)cc2Cl)cc1S(=O)(=O)C1CC(O)C1. The van der Waals surface area contributed by atoms with Crippen LogP contribution in [0.4, 0.5) is 0 Å². The molecule has 0 aromatic heterocycles. The topological polar surface area (TPSA) is 72.8 Å². The van der Waals surface area contributed by atoms with Crippen molar-refractivity contribution < 1.29 is 23.0 Å². The number of sulfone groups is 1. The van der Waals surface area contributed by atoms with Crippen LogP contribution in [0, 0.1) is 0 Å². The minimum atomic E-state index is -3.66. The third-order valence-electron chi connectivity index (χ3n) is 4.13. The molecule has 5 nitrogen and oxygen atoms in total. The summed E-state index contributed by atoms with van der Waals surface area (Å²) >= 11 is 15.6. The second-order valence-electron chi connectivity index (χ2n) is 5.91. The molecular formula is C17H15BrCl2O5S. The number of halogens is 3. The lowest BCUT2D eigenvalue weighted by molar-refractivity contribution is 0.0976. The van der Waals surface area contributed by atoms with Gasteiger partial charge in [-0.1, -0.05) is 39.1 Å². The highest BCUT2D eigenvalue weighted by Crippen LogP contribution is 2.41. The van der Waals surface area contributed by atoms with Crippen LogP contribution in [0.1, 0.15) is 12.8 Å². The zero-order valence-corrected chi connectivity index (χ0v) is 17.5. The fourth-order valence-electron chi connectivity index (χ4n) is 2.66. The fraction of sp³-hybridized carbons (Fsp3) is 0.294. The molecule has 1 N–H and O–H groups in total. The first kappa shape index (κ1) is 19.8. The quantitative estimate of drug-likeness (QED) is 0.660. The number of hydrogen-bond donors (Lipinski definition) is 1. The molecule has 140 valence electrons. The summed E-state index contributed by atoms with van der Waals surface area (Å²) in [5.41, 5.74) is 0. The Balaban J connectivity index is 1.98. The van der Waals surface area contributed by atoms with Gasteiger partial charge < -0.3 is 14.6 Å². The first-order valence-corrected chi connectivity index (χ1v) is 10.7. The van der Waals surface area contributed by atoms with Crippen LogP contribution in [0.3, 0.4) is 0 Å². The number of aliphatic hydroxyl groups excluding tert-OH is 1. The third kappa shape index (κ3) is 3.82. The average Bonchev–Trinajstić information content (AvgIpc) is 2.55. The van der Waals surface area contributed by atoms with Crippen molar-refractivity contribution in [1.82, 2.24) is 0 Å². The van der Waals surface area contributed by atoms with Crippen LogP contribution in [0.15, 0.2) is 39.7 Å². The Hall–Kier alpha value is -0.990. The highest BCUT2D eigenvalue weighted by atomic mass is 79.9. The van der Waals surface area contributed by atoms with Crippen molar-refractivity contribution in [1.29, 1.82) is 0 Å². The molecule has 1 aliphatic carbocycles. The summed E-state index contributed by atoms with van der Waals surface area (Å²) in [6, 6.07) is 7.72. The summed E-state index contributed by atoms with van der Waals surface area (Å²) in [5.74, 6) is 0.700. The lowest BCUT2D eigenvalue weighted by atomic mass is 9.96. The summed E-state index contributed by atoms with van der Waals surface area (Å²) in [6.07, 6.45) is -0.164. The van der Waals surface area contributed by atoms with E-state index < -0.39 is 21.2 Å². The summed E-state index contributed by atoms with van der Waals surface area (Å²) in [7, 11) is -2.26. The maximum Gasteiger partial charge on any atom is 0.185 e. The van der Waals surface area contributed by atoms with Gasteiger partial charge in [0.2, 0.25) is 0 Å². The Morgan fingerprint density at radius 2 is 1.77 bits per heavy atom. The molecule has 3 rings (SSSR count). The molecule has 0 radical (unpaired) electrons. The summed E-state index contributed by atoms with van der Waals surface area (Å²) in [4.78, 5) is 0.0127. The van der Waals surface area contributed by atoms with Gasteiger partial charge in [0.05, 0.1) is 28.5 Å². The highest BCUT2D eigenvalue weighted by Gasteiger charge is 2.40. The molecule has 0 heterocycles. The molecule has 0 spiro atoms. The molecule has 2 aromatic carbocycles. The number of benzene rings is 2. The molecule has 0 saturated heterocycles. The molecule has 1 saturated carbocycles. The Morgan fingerprint density at radius 1 is 1.15 bits per heavy atom. The minimum Gasteiger partial charge on any atom is -0.495 e. The van der Waals surface area contributed by atoms with E-state index in [1.165, 1.54) is 19.2 Å². The molecule has 1 aliphatic rings. The predicted molar refractivity (Wildman–Crippen MR) is 103 cm³/mol. The molecule has 0 bridgehead atoms. The zero-order valence-electron chi connectivity index (χ0n) is 13.6. The van der Waals surface area contributed by atoms with E-state index in [4.69, 9.17) is 32.7 Å². The zero-order chi connectivity index (χ0) is 19.1. The van der Waals surface area contributed by atoms with Gasteiger partial charge in [-0.2, -0.15) is 0 Å². The standard InChI is InChI=1S/C17H15BrCl2O5S/c1-24-15-3-2-11(25-17-13(19)4-9(18)5-14(17)20)8-16(15)26(22,23)12-6-10(21)7-12/h2-5,8,10,12,21H,6-7H2,1H3. The van der Waals surface area contributed by atoms with E-state index in [0.717, 1.165) is 0 Å². The molecule has 2 aromatic rings. The lowest BCUT2D eigenvalue weighted by Gasteiger charge is -2.31. The van der Waals surface area contributed by atoms with E-state index in [1.807, 2.05) is 0 Å². The van der Waals surface area contributed by atoms with Crippen LogP contribution in [0.5, 0.6) is 17.2 Å². The van der Waals surface area contributed by atoms with E-state index in [9.17, 15) is 13.5 Å². The first-order chi connectivity index (χ1) is 12.2. The van der Waals surface area contributed by atoms with E-state index in [0.29, 0.717) is 4.47 Å². The van der Waals surface area contributed by atoms with E-state index in [1.54, 1.807) is 18.2 Å². The maximum absolute atomic E-state index is 12.8. The number of aliphatic hydroxyl groups is 1. The van der Waals surface area contributed by atoms with Crippen LogP contribution in [0.25, 0.3) is 0 Å². The average molecular weight is 482 g/mol. The lowest BCUT2D eigenvalue weighted by Crippen LogP contribution is -2.39. The largest absolute Gasteiger partial charge is 0.495 e. The van der Waals surface area contributed by atoms with Gasteiger partial charge in [0.1, 0.15) is 16.4 Å². The van der Waals surface area contributed by atoms with Crippen LogP contribution in [-0.2, 0) is 9.84 Å². The second kappa shape index (κ2) is 7.56. The van der Waals surface area contributed by atoms with Crippen molar-refractivity contribution in [2.24, 2.45) is 0 Å². The van der Waals surface area contributed by atoms with E-state index >= 15 is 0 Å². The Bertz CT molecular complexity index is 919. The van der Waals surface area contributed by atoms with Gasteiger partial charge in [-0.25, -0.2) is 8.42 Å². The molecule has 0 atom stereocenters. The molecule has 0 aliphatic heterocycles. The normalized spacial score (nSPS) is 19.7. The molecular weight excluding hydrogens is 467 g/mol. The van der Waals surface area contributed by atoms with Crippen molar-refractivity contribution in [3.05, 3.63) is 44.8 Å². The van der Waals surface area contributed by atoms with Crippen LogP contribution in [-0.4, -0.2) is 32.0 Å². The Kier molecular flexibility index (Phi) is 5.75. The van der Waals surface area contributed by atoms with Gasteiger partial charge in [0.25, 0.3) is 0 Å². The monoisotopic (exact) mass is 480 g/mol. The second-order valence-corrected chi connectivity index (χ2v) is 9.83. The van der Waals surface area contributed by atoms with Gasteiger partial charge >= 0.3 is 0 Å². The summed E-state index contributed by atoms with van der Waals surface area (Å²) < 4.78 is 37.3. The summed E-state index contributed by atoms with van der Waals surface area (Å²) in [5, 5.41) is 9.36. The molecule has 0 amide bonds. The number of ether oxygens (including phenoxy) is 2. The van der Waals surface area contributed by atoms with Crippen LogP contribution >= 0.6 is 39.1 Å². The van der Waals surface area contributed by atoms with Crippen molar-refractivity contribution >= 4 is 49.0 Å². The molecule has 9 heteroatoms. The van der Waals surface area contributed by atoms with Crippen molar-refractivity contribution in [2.45, 2.75) is 29.1 Å². The Morgan fingerprint density at radius 3 is 2.31 bits per heavy atom. The predicted octanol–water partition coefficient (Wildman–Crippen LogP) is 4.85.